The molecule has 0 heterocycles. The van der Waals surface area contributed by atoms with Gasteiger partial charge in [0.05, 0.1) is 6.61 Å². The molecule has 0 radical (unpaired) electrons. The molecule has 0 saturated heterocycles. The lowest BCUT2D eigenvalue weighted by Crippen LogP contribution is -2.28. The summed E-state index contributed by atoms with van der Waals surface area (Å²) in [6, 6.07) is 9.46. The van der Waals surface area contributed by atoms with Crippen molar-refractivity contribution >= 4 is 34.2 Å². The van der Waals surface area contributed by atoms with E-state index in [4.69, 9.17) is 10.00 Å². The second-order valence-corrected chi connectivity index (χ2v) is 4.82. The fraction of sp³-hybridized carbons (Fsp3) is 0.231. The van der Waals surface area contributed by atoms with E-state index < -0.39 is 5.91 Å². The van der Waals surface area contributed by atoms with Crippen LogP contribution in [0.4, 0.5) is 5.69 Å². The standard InChI is InChI=1S/C13H14IN3O2/c1-19-7-6-16-13(18)10(8-15)9-17-12-4-2-11(14)3-5-12/h2-5,9,17H,6-7H2,1H3,(H,16,18)/b10-9-. The van der Waals surface area contributed by atoms with E-state index >= 15 is 0 Å². The number of halogens is 1. The normalized spacial score (nSPS) is 10.7. The second-order valence-electron chi connectivity index (χ2n) is 3.57. The van der Waals surface area contributed by atoms with Crippen molar-refractivity contribution in [2.24, 2.45) is 0 Å². The van der Waals surface area contributed by atoms with E-state index in [1.807, 2.05) is 30.3 Å². The number of hydrogen-bond acceptors (Lipinski definition) is 4. The van der Waals surface area contributed by atoms with E-state index in [-0.39, 0.29) is 5.57 Å². The minimum Gasteiger partial charge on any atom is -0.383 e. The fourth-order valence-corrected chi connectivity index (χ4v) is 1.57. The first-order chi connectivity index (χ1) is 9.17. The Bertz CT molecular complexity index is 492. The number of carbonyl (C=O) groups excluding carboxylic acids is 1. The molecule has 0 aliphatic carbocycles. The van der Waals surface area contributed by atoms with Crippen LogP contribution in [-0.4, -0.2) is 26.2 Å². The molecule has 0 aliphatic rings. The van der Waals surface area contributed by atoms with Gasteiger partial charge in [0.25, 0.3) is 5.91 Å². The summed E-state index contributed by atoms with van der Waals surface area (Å²) in [5.74, 6) is -0.419. The van der Waals surface area contributed by atoms with Crippen molar-refractivity contribution < 1.29 is 9.53 Å². The van der Waals surface area contributed by atoms with Crippen LogP contribution in [0.5, 0.6) is 0 Å². The van der Waals surface area contributed by atoms with Crippen molar-refractivity contribution in [2.45, 2.75) is 0 Å². The highest BCUT2D eigenvalue weighted by molar-refractivity contribution is 14.1. The van der Waals surface area contributed by atoms with E-state index in [1.54, 1.807) is 7.11 Å². The van der Waals surface area contributed by atoms with Gasteiger partial charge in [0, 0.05) is 29.1 Å². The van der Waals surface area contributed by atoms with Gasteiger partial charge in [-0.05, 0) is 46.9 Å². The SMILES string of the molecule is COCCNC(=O)/C(C#N)=C\Nc1ccc(I)cc1. The molecule has 0 bridgehead atoms. The van der Waals surface area contributed by atoms with Crippen molar-refractivity contribution in [3.63, 3.8) is 0 Å². The Hall–Kier alpha value is -1.59. The van der Waals surface area contributed by atoms with Gasteiger partial charge in [0.2, 0.25) is 0 Å². The average molecular weight is 371 g/mol. The third kappa shape index (κ3) is 5.72. The van der Waals surface area contributed by atoms with Gasteiger partial charge >= 0.3 is 0 Å². The van der Waals surface area contributed by atoms with Gasteiger partial charge in [-0.2, -0.15) is 5.26 Å². The van der Waals surface area contributed by atoms with Crippen LogP contribution in [0.25, 0.3) is 0 Å². The highest BCUT2D eigenvalue weighted by atomic mass is 127. The zero-order chi connectivity index (χ0) is 14.1. The molecular weight excluding hydrogens is 357 g/mol. The van der Waals surface area contributed by atoms with Crippen LogP contribution >= 0.6 is 22.6 Å². The number of nitrogens with zero attached hydrogens (tertiary/aromatic N) is 1. The molecule has 1 rings (SSSR count). The number of rotatable bonds is 6. The molecule has 19 heavy (non-hydrogen) atoms. The van der Waals surface area contributed by atoms with Crippen LogP contribution in [0.3, 0.4) is 0 Å². The van der Waals surface area contributed by atoms with Gasteiger partial charge in [0.1, 0.15) is 11.6 Å². The van der Waals surface area contributed by atoms with Crippen LogP contribution in [0, 0.1) is 14.9 Å². The van der Waals surface area contributed by atoms with Crippen LogP contribution in [0.1, 0.15) is 0 Å². The molecule has 1 aromatic carbocycles. The predicted molar refractivity (Wildman–Crippen MR) is 81.4 cm³/mol. The van der Waals surface area contributed by atoms with Gasteiger partial charge in [-0.3, -0.25) is 4.79 Å². The van der Waals surface area contributed by atoms with E-state index in [2.05, 4.69) is 33.2 Å². The number of amides is 1. The number of nitrogens with one attached hydrogen (secondary N) is 2. The lowest BCUT2D eigenvalue weighted by atomic mass is 10.3. The van der Waals surface area contributed by atoms with Crippen LogP contribution < -0.4 is 10.6 Å². The number of methoxy groups -OCH3 is 1. The lowest BCUT2D eigenvalue weighted by molar-refractivity contribution is -0.117. The molecule has 0 aromatic heterocycles. The van der Waals surface area contributed by atoms with Crippen LogP contribution in [-0.2, 0) is 9.53 Å². The van der Waals surface area contributed by atoms with Gasteiger partial charge < -0.3 is 15.4 Å². The summed E-state index contributed by atoms with van der Waals surface area (Å²) in [6.07, 6.45) is 1.39. The molecule has 0 unspecified atom stereocenters. The van der Waals surface area contributed by atoms with Gasteiger partial charge in [-0.25, -0.2) is 0 Å². The smallest absolute Gasteiger partial charge is 0.263 e. The number of hydrogen-bond donors (Lipinski definition) is 2. The molecule has 2 N–H and O–H groups in total. The first-order valence-corrected chi connectivity index (χ1v) is 6.64. The number of benzene rings is 1. The van der Waals surface area contributed by atoms with Gasteiger partial charge in [-0.15, -0.1) is 0 Å². The first kappa shape index (κ1) is 15.5. The highest BCUT2D eigenvalue weighted by Gasteiger charge is 2.07. The minimum absolute atomic E-state index is 0.0228. The quantitative estimate of drug-likeness (QED) is 0.347. The molecule has 1 amide bonds. The van der Waals surface area contributed by atoms with Crippen molar-refractivity contribution in [3.05, 3.63) is 39.6 Å². The molecule has 0 aliphatic heterocycles. The third-order valence-electron chi connectivity index (χ3n) is 2.18. The fourth-order valence-electron chi connectivity index (χ4n) is 1.21. The zero-order valence-corrected chi connectivity index (χ0v) is 12.6. The average Bonchev–Trinajstić information content (AvgIpc) is 2.42. The molecule has 0 atom stereocenters. The Morgan fingerprint density at radius 1 is 1.47 bits per heavy atom. The van der Waals surface area contributed by atoms with Crippen molar-refractivity contribution in [1.29, 1.82) is 5.26 Å². The maximum absolute atomic E-state index is 11.6. The second kappa shape index (κ2) is 8.50. The lowest BCUT2D eigenvalue weighted by Gasteiger charge is -2.04. The number of nitriles is 1. The van der Waals surface area contributed by atoms with E-state index in [9.17, 15) is 4.79 Å². The predicted octanol–water partition coefficient (Wildman–Crippen LogP) is 1.87. The van der Waals surface area contributed by atoms with Crippen molar-refractivity contribution in [2.75, 3.05) is 25.6 Å². The van der Waals surface area contributed by atoms with Crippen molar-refractivity contribution in [1.82, 2.24) is 5.32 Å². The Balaban J connectivity index is 2.59. The highest BCUT2D eigenvalue weighted by Crippen LogP contribution is 2.11. The first-order valence-electron chi connectivity index (χ1n) is 5.57. The topological polar surface area (TPSA) is 74.1 Å². The molecule has 0 saturated carbocycles. The maximum Gasteiger partial charge on any atom is 0.263 e. The van der Waals surface area contributed by atoms with Gasteiger partial charge in [0.15, 0.2) is 0 Å². The summed E-state index contributed by atoms with van der Waals surface area (Å²) in [5, 5.41) is 14.4. The monoisotopic (exact) mass is 371 g/mol. The number of anilines is 1. The largest absolute Gasteiger partial charge is 0.383 e. The Labute approximate surface area is 125 Å². The van der Waals surface area contributed by atoms with Gasteiger partial charge in [-0.1, -0.05) is 0 Å². The molecular formula is C13H14IN3O2. The summed E-state index contributed by atoms with van der Waals surface area (Å²) < 4.78 is 5.93. The molecule has 5 nitrogen and oxygen atoms in total. The molecule has 6 heteroatoms. The zero-order valence-electron chi connectivity index (χ0n) is 10.4. The van der Waals surface area contributed by atoms with Crippen LogP contribution in [0.15, 0.2) is 36.0 Å². The Morgan fingerprint density at radius 2 is 2.16 bits per heavy atom. The third-order valence-corrected chi connectivity index (χ3v) is 2.90. The molecule has 0 spiro atoms. The Morgan fingerprint density at radius 3 is 2.74 bits per heavy atom. The molecule has 100 valence electrons. The summed E-state index contributed by atoms with van der Waals surface area (Å²) in [7, 11) is 1.55. The Kier molecular flexibility index (Phi) is 6.92. The maximum atomic E-state index is 11.6. The van der Waals surface area contributed by atoms with E-state index in [0.29, 0.717) is 13.2 Å². The molecule has 1 aromatic rings. The van der Waals surface area contributed by atoms with Crippen LogP contribution in [0.2, 0.25) is 0 Å². The van der Waals surface area contributed by atoms with E-state index in [0.717, 1.165) is 9.26 Å². The summed E-state index contributed by atoms with van der Waals surface area (Å²) in [5.41, 5.74) is 0.840. The summed E-state index contributed by atoms with van der Waals surface area (Å²) >= 11 is 2.20. The number of ether oxygens (including phenoxy) is 1. The minimum atomic E-state index is -0.419. The summed E-state index contributed by atoms with van der Waals surface area (Å²) in [6.45, 7) is 0.785. The van der Waals surface area contributed by atoms with Crippen molar-refractivity contribution in [3.8, 4) is 6.07 Å². The molecule has 0 fully saturated rings. The summed E-state index contributed by atoms with van der Waals surface area (Å²) in [4.78, 5) is 11.6. The van der Waals surface area contributed by atoms with E-state index in [1.165, 1.54) is 6.20 Å². The number of carbonyl (C=O) groups is 1.